The molecule has 1 unspecified atom stereocenters. The summed E-state index contributed by atoms with van der Waals surface area (Å²) in [6.45, 7) is 1.78. The molecule has 3 aromatic heterocycles. The van der Waals surface area contributed by atoms with Gasteiger partial charge in [-0.15, -0.1) is 0 Å². The highest BCUT2D eigenvalue weighted by Gasteiger charge is 2.41. The fraction of sp³-hybridized carbons (Fsp3) is 0.286. The fourth-order valence-electron chi connectivity index (χ4n) is 4.16. The van der Waals surface area contributed by atoms with Crippen LogP contribution in [-0.4, -0.2) is 30.5 Å². The van der Waals surface area contributed by atoms with Crippen LogP contribution in [0.25, 0.3) is 21.9 Å². The Kier molecular flexibility index (Phi) is 4.02. The Morgan fingerprint density at radius 3 is 2.90 bits per heavy atom. The highest BCUT2D eigenvalue weighted by Crippen LogP contribution is 2.41. The maximum atomic E-state index is 13.8. The SMILES string of the molecule is Cc1cc(=O)n(C2CCC(F)(F)C2)c2nc(Nc3ccc4[nH]c(O)cc4c3)ncc12. The normalized spacial score (nSPS) is 18.3. The van der Waals surface area contributed by atoms with Crippen molar-refractivity contribution < 1.29 is 13.9 Å². The lowest BCUT2D eigenvalue weighted by Crippen LogP contribution is -2.26. The first-order valence-corrected chi connectivity index (χ1v) is 9.65. The number of alkyl halides is 2. The molecule has 0 bridgehead atoms. The molecule has 9 heteroatoms. The molecule has 1 atom stereocenters. The second-order valence-corrected chi connectivity index (χ2v) is 7.80. The Balaban J connectivity index is 1.58. The van der Waals surface area contributed by atoms with Gasteiger partial charge in [0, 0.05) is 59.2 Å². The molecule has 0 radical (unpaired) electrons. The van der Waals surface area contributed by atoms with Gasteiger partial charge in [0.2, 0.25) is 11.9 Å². The minimum atomic E-state index is -2.77. The van der Waals surface area contributed by atoms with E-state index in [4.69, 9.17) is 0 Å². The van der Waals surface area contributed by atoms with Crippen molar-refractivity contribution in [2.75, 3.05) is 5.32 Å². The molecule has 0 aliphatic heterocycles. The molecule has 0 saturated heterocycles. The second-order valence-electron chi connectivity index (χ2n) is 7.80. The molecular weight excluding hydrogens is 392 g/mol. The van der Waals surface area contributed by atoms with Crippen LogP contribution in [0.1, 0.15) is 30.9 Å². The molecule has 3 N–H and O–H groups in total. The third-order valence-corrected chi connectivity index (χ3v) is 5.60. The number of aromatic nitrogens is 4. The number of hydrogen-bond acceptors (Lipinski definition) is 5. The maximum absolute atomic E-state index is 13.8. The van der Waals surface area contributed by atoms with E-state index in [9.17, 15) is 18.7 Å². The first-order chi connectivity index (χ1) is 14.3. The van der Waals surface area contributed by atoms with Crippen molar-refractivity contribution in [3.05, 3.63) is 52.4 Å². The van der Waals surface area contributed by atoms with Crippen molar-refractivity contribution in [1.29, 1.82) is 0 Å². The van der Waals surface area contributed by atoms with Crippen molar-refractivity contribution in [3.63, 3.8) is 0 Å². The summed E-state index contributed by atoms with van der Waals surface area (Å²) < 4.78 is 29.0. The monoisotopic (exact) mass is 411 g/mol. The van der Waals surface area contributed by atoms with Gasteiger partial charge in [-0.1, -0.05) is 0 Å². The van der Waals surface area contributed by atoms with Crippen molar-refractivity contribution in [2.24, 2.45) is 0 Å². The molecule has 0 spiro atoms. The van der Waals surface area contributed by atoms with Crippen LogP contribution in [0.15, 0.2) is 41.3 Å². The fourth-order valence-corrected chi connectivity index (χ4v) is 4.16. The zero-order valence-electron chi connectivity index (χ0n) is 16.1. The largest absolute Gasteiger partial charge is 0.495 e. The van der Waals surface area contributed by atoms with Gasteiger partial charge in [0.15, 0.2) is 5.88 Å². The minimum absolute atomic E-state index is 0.0666. The van der Waals surface area contributed by atoms with Crippen LogP contribution in [0, 0.1) is 6.92 Å². The summed E-state index contributed by atoms with van der Waals surface area (Å²) in [5, 5.41) is 14.1. The lowest BCUT2D eigenvalue weighted by molar-refractivity contribution is 0.00566. The van der Waals surface area contributed by atoms with Crippen LogP contribution in [0.4, 0.5) is 20.4 Å². The Morgan fingerprint density at radius 2 is 2.13 bits per heavy atom. The van der Waals surface area contributed by atoms with Gasteiger partial charge in [-0.05, 0) is 37.1 Å². The Bertz CT molecular complexity index is 1340. The molecule has 4 aromatic rings. The first kappa shape index (κ1) is 18.5. The van der Waals surface area contributed by atoms with E-state index in [1.807, 2.05) is 6.07 Å². The topological polar surface area (TPSA) is 95.8 Å². The summed E-state index contributed by atoms with van der Waals surface area (Å²) >= 11 is 0. The summed E-state index contributed by atoms with van der Waals surface area (Å²) in [7, 11) is 0. The van der Waals surface area contributed by atoms with Gasteiger partial charge >= 0.3 is 0 Å². The minimum Gasteiger partial charge on any atom is -0.495 e. The van der Waals surface area contributed by atoms with Crippen molar-refractivity contribution in [3.8, 4) is 5.88 Å². The van der Waals surface area contributed by atoms with Crippen molar-refractivity contribution >= 4 is 33.6 Å². The number of H-pyrrole nitrogens is 1. The lowest BCUT2D eigenvalue weighted by atomic mass is 10.1. The van der Waals surface area contributed by atoms with Crippen LogP contribution in [0.3, 0.4) is 0 Å². The number of nitrogens with one attached hydrogen (secondary N) is 2. The number of benzene rings is 1. The van der Waals surface area contributed by atoms with E-state index in [2.05, 4.69) is 20.3 Å². The number of fused-ring (bicyclic) bond motifs is 2. The number of aryl methyl sites for hydroxylation is 1. The van der Waals surface area contributed by atoms with Gasteiger partial charge < -0.3 is 15.4 Å². The molecule has 5 rings (SSSR count). The van der Waals surface area contributed by atoms with Gasteiger partial charge in [-0.3, -0.25) is 9.36 Å². The summed E-state index contributed by atoms with van der Waals surface area (Å²) in [5.41, 5.74) is 2.18. The first-order valence-electron chi connectivity index (χ1n) is 9.65. The van der Waals surface area contributed by atoms with Crippen LogP contribution in [-0.2, 0) is 0 Å². The van der Waals surface area contributed by atoms with E-state index < -0.39 is 12.0 Å². The lowest BCUT2D eigenvalue weighted by Gasteiger charge is -2.18. The van der Waals surface area contributed by atoms with Crippen molar-refractivity contribution in [1.82, 2.24) is 19.5 Å². The van der Waals surface area contributed by atoms with Crippen molar-refractivity contribution in [2.45, 2.75) is 38.2 Å². The molecule has 30 heavy (non-hydrogen) atoms. The molecule has 1 saturated carbocycles. The van der Waals surface area contributed by atoms with Crippen LogP contribution >= 0.6 is 0 Å². The number of hydrogen-bond donors (Lipinski definition) is 3. The zero-order chi connectivity index (χ0) is 21.0. The average Bonchev–Trinajstić information content (AvgIpc) is 3.22. The number of aromatic hydroxyl groups is 1. The highest BCUT2D eigenvalue weighted by molar-refractivity contribution is 5.85. The second kappa shape index (κ2) is 6.51. The van der Waals surface area contributed by atoms with Gasteiger partial charge in [-0.25, -0.2) is 13.8 Å². The van der Waals surface area contributed by atoms with Crippen LogP contribution < -0.4 is 10.9 Å². The smallest absolute Gasteiger partial charge is 0.252 e. The molecule has 1 aliphatic carbocycles. The van der Waals surface area contributed by atoms with Gasteiger partial charge in [0.05, 0.1) is 0 Å². The summed E-state index contributed by atoms with van der Waals surface area (Å²) in [6, 6.07) is 7.87. The molecular formula is C21H19F2N5O2. The van der Waals surface area contributed by atoms with E-state index in [0.717, 1.165) is 10.9 Å². The quantitative estimate of drug-likeness (QED) is 0.465. The molecule has 1 aliphatic rings. The maximum Gasteiger partial charge on any atom is 0.252 e. The summed E-state index contributed by atoms with van der Waals surface area (Å²) in [6.07, 6.45) is 1.22. The number of anilines is 2. The van der Waals surface area contributed by atoms with Crippen LogP contribution in [0.2, 0.25) is 0 Å². The number of pyridine rings is 1. The van der Waals surface area contributed by atoms with E-state index >= 15 is 0 Å². The third-order valence-electron chi connectivity index (χ3n) is 5.60. The van der Waals surface area contributed by atoms with Gasteiger partial charge in [0.25, 0.3) is 5.56 Å². The molecule has 7 nitrogen and oxygen atoms in total. The van der Waals surface area contributed by atoms with Gasteiger partial charge in [-0.2, -0.15) is 4.98 Å². The van der Waals surface area contributed by atoms with E-state index in [-0.39, 0.29) is 36.7 Å². The number of rotatable bonds is 3. The molecule has 154 valence electrons. The standard InChI is InChI=1S/C21H19F2N5O2/c1-11-6-18(30)28(14-4-5-21(22,23)9-14)19-15(11)10-24-20(27-19)25-13-2-3-16-12(7-13)8-17(29)26-16/h2-3,6-8,10,14,26,29H,4-5,9H2,1H3,(H,24,25,27). The van der Waals surface area contributed by atoms with E-state index in [1.165, 1.54) is 10.6 Å². The summed E-state index contributed by atoms with van der Waals surface area (Å²) in [5.74, 6) is -2.45. The Hall–Kier alpha value is -3.49. The molecule has 1 fully saturated rings. The molecule has 3 heterocycles. The summed E-state index contributed by atoms with van der Waals surface area (Å²) in [4.78, 5) is 24.3. The predicted octanol–water partition coefficient (Wildman–Crippen LogP) is 4.39. The third kappa shape index (κ3) is 3.16. The molecule has 1 aromatic carbocycles. The highest BCUT2D eigenvalue weighted by atomic mass is 19.3. The average molecular weight is 411 g/mol. The molecule has 0 amide bonds. The van der Waals surface area contributed by atoms with E-state index in [0.29, 0.717) is 22.3 Å². The Labute approximate surface area is 169 Å². The van der Waals surface area contributed by atoms with Crippen LogP contribution in [0.5, 0.6) is 5.88 Å². The number of halogens is 2. The zero-order valence-corrected chi connectivity index (χ0v) is 16.1. The van der Waals surface area contributed by atoms with E-state index in [1.54, 1.807) is 31.3 Å². The van der Waals surface area contributed by atoms with Gasteiger partial charge in [0.1, 0.15) is 5.65 Å². The number of aromatic amines is 1. The Morgan fingerprint density at radius 1 is 1.30 bits per heavy atom. The predicted molar refractivity (Wildman–Crippen MR) is 110 cm³/mol. The number of nitrogens with zero attached hydrogens (tertiary/aromatic N) is 3.